The zero-order valence-corrected chi connectivity index (χ0v) is 14.2. The quantitative estimate of drug-likeness (QED) is 0.514. The van der Waals surface area contributed by atoms with Gasteiger partial charge in [-0.1, -0.05) is 23.7 Å². The van der Waals surface area contributed by atoms with Gasteiger partial charge in [-0.2, -0.15) is 0 Å². The van der Waals surface area contributed by atoms with Crippen LogP contribution >= 0.6 is 11.6 Å². The molecule has 25 heavy (non-hydrogen) atoms. The van der Waals surface area contributed by atoms with Crippen LogP contribution in [0.3, 0.4) is 0 Å². The monoisotopic (exact) mass is 350 g/mol. The number of nitrogens with zero attached hydrogens (tertiary/aromatic N) is 1. The largest absolute Gasteiger partial charge is 0.366 e. The zero-order valence-electron chi connectivity index (χ0n) is 13.4. The van der Waals surface area contributed by atoms with Crippen LogP contribution in [0.1, 0.15) is 15.9 Å². The van der Waals surface area contributed by atoms with E-state index < -0.39 is 5.91 Å². The fourth-order valence-electron chi connectivity index (χ4n) is 3.03. The molecule has 0 atom stereocenters. The summed E-state index contributed by atoms with van der Waals surface area (Å²) in [5, 5.41) is 1.53. The van der Waals surface area contributed by atoms with E-state index in [0.29, 0.717) is 16.3 Å². The zero-order chi connectivity index (χ0) is 17.6. The molecule has 0 bridgehead atoms. The molecular formula is C19H15ClN4O. The second-order valence-corrected chi connectivity index (χ2v) is 6.32. The highest BCUT2D eigenvalue weighted by Gasteiger charge is 2.18. The average molecular weight is 351 g/mol. The van der Waals surface area contributed by atoms with E-state index >= 15 is 0 Å². The minimum atomic E-state index is -0.506. The van der Waals surface area contributed by atoms with E-state index in [1.807, 2.05) is 43.5 Å². The predicted octanol–water partition coefficient (Wildman–Crippen LogP) is 4.29. The van der Waals surface area contributed by atoms with Crippen LogP contribution in [0.15, 0.2) is 48.8 Å². The first-order valence-corrected chi connectivity index (χ1v) is 8.14. The Morgan fingerprint density at radius 3 is 2.76 bits per heavy atom. The van der Waals surface area contributed by atoms with Crippen molar-refractivity contribution in [1.82, 2.24) is 15.0 Å². The summed E-state index contributed by atoms with van der Waals surface area (Å²) >= 11 is 6.39. The van der Waals surface area contributed by atoms with Crippen molar-refractivity contribution in [2.75, 3.05) is 0 Å². The van der Waals surface area contributed by atoms with Crippen LogP contribution in [0.25, 0.3) is 33.5 Å². The first-order chi connectivity index (χ1) is 12.0. The topological polar surface area (TPSA) is 87.6 Å². The number of H-pyrrole nitrogens is 2. The Morgan fingerprint density at radius 1 is 1.16 bits per heavy atom. The first kappa shape index (κ1) is 15.5. The number of pyridine rings is 1. The molecule has 4 aromatic rings. The lowest BCUT2D eigenvalue weighted by atomic mass is 10.1. The van der Waals surface area contributed by atoms with Crippen LogP contribution in [0.2, 0.25) is 5.02 Å². The highest BCUT2D eigenvalue weighted by Crippen LogP contribution is 2.35. The Labute approximate surface area is 148 Å². The van der Waals surface area contributed by atoms with Gasteiger partial charge in [0.1, 0.15) is 5.65 Å². The highest BCUT2D eigenvalue weighted by molar-refractivity contribution is 6.33. The van der Waals surface area contributed by atoms with Gasteiger partial charge in [-0.25, -0.2) is 4.98 Å². The molecule has 0 fully saturated rings. The molecule has 3 aromatic heterocycles. The van der Waals surface area contributed by atoms with Gasteiger partial charge in [0.2, 0.25) is 0 Å². The van der Waals surface area contributed by atoms with Crippen LogP contribution in [0.5, 0.6) is 0 Å². The van der Waals surface area contributed by atoms with Crippen molar-refractivity contribution in [2.24, 2.45) is 5.73 Å². The van der Waals surface area contributed by atoms with Gasteiger partial charge in [-0.15, -0.1) is 0 Å². The summed E-state index contributed by atoms with van der Waals surface area (Å²) in [5.74, 6) is -0.506. The lowest BCUT2D eigenvalue weighted by Gasteiger charge is -2.06. The van der Waals surface area contributed by atoms with Gasteiger partial charge >= 0.3 is 0 Å². The van der Waals surface area contributed by atoms with Crippen molar-refractivity contribution in [2.45, 2.75) is 6.92 Å². The Balaban J connectivity index is 1.95. The van der Waals surface area contributed by atoms with Gasteiger partial charge in [0.05, 0.1) is 16.3 Å². The minimum Gasteiger partial charge on any atom is -0.366 e. The molecule has 0 aliphatic rings. The second-order valence-electron chi connectivity index (χ2n) is 5.92. The van der Waals surface area contributed by atoms with Gasteiger partial charge in [-0.3, -0.25) is 4.79 Å². The molecule has 6 heteroatoms. The van der Waals surface area contributed by atoms with E-state index in [4.69, 9.17) is 17.3 Å². The maximum absolute atomic E-state index is 12.0. The number of nitrogens with one attached hydrogen (secondary N) is 2. The molecule has 0 spiro atoms. The van der Waals surface area contributed by atoms with Crippen LogP contribution in [0.4, 0.5) is 0 Å². The van der Waals surface area contributed by atoms with Gasteiger partial charge in [0.15, 0.2) is 0 Å². The summed E-state index contributed by atoms with van der Waals surface area (Å²) in [7, 11) is 0. The summed E-state index contributed by atoms with van der Waals surface area (Å²) in [6.07, 6.45) is 3.55. The summed E-state index contributed by atoms with van der Waals surface area (Å²) in [5.41, 5.74) is 10.9. The van der Waals surface area contributed by atoms with Gasteiger partial charge in [0.25, 0.3) is 5.91 Å². The number of halogens is 1. The van der Waals surface area contributed by atoms with Gasteiger partial charge in [0, 0.05) is 34.6 Å². The Hall–Kier alpha value is -3.05. The van der Waals surface area contributed by atoms with E-state index in [9.17, 15) is 4.79 Å². The van der Waals surface area contributed by atoms with Gasteiger partial charge < -0.3 is 15.7 Å². The number of aryl methyl sites for hydroxylation is 1. The third-order valence-electron chi connectivity index (χ3n) is 4.23. The van der Waals surface area contributed by atoms with Crippen LogP contribution in [-0.4, -0.2) is 20.9 Å². The summed E-state index contributed by atoms with van der Waals surface area (Å²) in [6.45, 7) is 1.96. The third kappa shape index (κ3) is 2.58. The van der Waals surface area contributed by atoms with Crippen molar-refractivity contribution in [3.8, 4) is 22.5 Å². The normalized spacial score (nSPS) is 11.1. The lowest BCUT2D eigenvalue weighted by molar-refractivity contribution is 0.100. The number of amides is 1. The number of primary amides is 1. The van der Waals surface area contributed by atoms with E-state index in [2.05, 4.69) is 15.0 Å². The standard InChI is InChI=1S/C19H15ClN4O/c1-10-2-3-13(15(20)8-10)17-14(18(21)25)9-16(24-17)11-4-6-22-19-12(11)5-7-23-19/h2-9,24H,1H3,(H2,21,25)(H,22,23). The fraction of sp³-hybridized carbons (Fsp3) is 0.0526. The smallest absolute Gasteiger partial charge is 0.250 e. The number of aromatic amines is 2. The van der Waals surface area contributed by atoms with Gasteiger partial charge in [-0.05, 0) is 36.8 Å². The van der Waals surface area contributed by atoms with Crippen molar-refractivity contribution in [3.05, 3.63) is 64.9 Å². The molecule has 5 nitrogen and oxygen atoms in total. The maximum Gasteiger partial charge on any atom is 0.250 e. The van der Waals surface area contributed by atoms with Crippen molar-refractivity contribution >= 4 is 28.5 Å². The molecule has 124 valence electrons. The summed E-state index contributed by atoms with van der Waals surface area (Å²) in [6, 6.07) is 11.3. The number of hydrogen-bond donors (Lipinski definition) is 3. The molecule has 0 aliphatic heterocycles. The number of hydrogen-bond acceptors (Lipinski definition) is 2. The first-order valence-electron chi connectivity index (χ1n) is 7.76. The molecule has 0 aliphatic carbocycles. The number of rotatable bonds is 3. The molecular weight excluding hydrogens is 336 g/mol. The number of aromatic nitrogens is 3. The molecule has 1 amide bonds. The highest BCUT2D eigenvalue weighted by atomic mass is 35.5. The van der Waals surface area contributed by atoms with Crippen LogP contribution in [-0.2, 0) is 0 Å². The lowest BCUT2D eigenvalue weighted by Crippen LogP contribution is -2.11. The Morgan fingerprint density at radius 2 is 2.00 bits per heavy atom. The Bertz CT molecular complexity index is 1110. The molecule has 4 N–H and O–H groups in total. The van der Waals surface area contributed by atoms with E-state index in [-0.39, 0.29) is 0 Å². The molecule has 0 saturated carbocycles. The molecule has 0 unspecified atom stereocenters. The SMILES string of the molecule is Cc1ccc(-c2[nH]c(-c3ccnc4[nH]ccc34)cc2C(N)=O)c(Cl)c1. The number of benzene rings is 1. The molecule has 4 rings (SSSR count). The molecule has 0 radical (unpaired) electrons. The summed E-state index contributed by atoms with van der Waals surface area (Å²) < 4.78 is 0. The number of carbonyl (C=O) groups excluding carboxylic acids is 1. The van der Waals surface area contributed by atoms with E-state index in [1.54, 1.807) is 12.3 Å². The van der Waals surface area contributed by atoms with E-state index in [0.717, 1.165) is 33.4 Å². The molecule has 0 saturated heterocycles. The summed E-state index contributed by atoms with van der Waals surface area (Å²) in [4.78, 5) is 22.7. The second kappa shape index (κ2) is 5.79. The fourth-order valence-corrected chi connectivity index (χ4v) is 3.35. The van der Waals surface area contributed by atoms with E-state index in [1.165, 1.54) is 0 Å². The minimum absolute atomic E-state index is 0.404. The molecule has 3 heterocycles. The van der Waals surface area contributed by atoms with Crippen molar-refractivity contribution in [1.29, 1.82) is 0 Å². The average Bonchev–Trinajstić information content (AvgIpc) is 3.21. The number of nitrogens with two attached hydrogens (primary N) is 1. The number of fused-ring (bicyclic) bond motifs is 1. The number of carbonyl (C=O) groups is 1. The van der Waals surface area contributed by atoms with Crippen molar-refractivity contribution in [3.63, 3.8) is 0 Å². The third-order valence-corrected chi connectivity index (χ3v) is 4.54. The van der Waals surface area contributed by atoms with Crippen molar-refractivity contribution < 1.29 is 4.79 Å². The predicted molar refractivity (Wildman–Crippen MR) is 99.6 cm³/mol. The Kier molecular flexibility index (Phi) is 3.58. The van der Waals surface area contributed by atoms with Crippen LogP contribution < -0.4 is 5.73 Å². The molecule has 1 aromatic carbocycles. The maximum atomic E-state index is 12.0. The van der Waals surface area contributed by atoms with Crippen LogP contribution in [0, 0.1) is 6.92 Å².